The fourth-order valence-electron chi connectivity index (χ4n) is 2.63. The van der Waals surface area contributed by atoms with Gasteiger partial charge in [-0.1, -0.05) is 30.3 Å². The topological polar surface area (TPSA) is 32.3 Å². The molecule has 2 aromatic rings. The van der Waals surface area contributed by atoms with E-state index < -0.39 is 0 Å². The van der Waals surface area contributed by atoms with Gasteiger partial charge in [-0.3, -0.25) is 4.79 Å². The van der Waals surface area contributed by atoms with Gasteiger partial charge < -0.3 is 10.2 Å². The number of carbonyl (C=O) groups excluding carboxylic acids is 1. The molecule has 0 spiro atoms. The molecule has 0 saturated carbocycles. The first-order valence-corrected chi connectivity index (χ1v) is 8.69. The van der Waals surface area contributed by atoms with E-state index in [9.17, 15) is 9.18 Å². The molecule has 1 N–H and O–H groups in total. The summed E-state index contributed by atoms with van der Waals surface area (Å²) in [5.74, 6) is 0.684. The highest BCUT2D eigenvalue weighted by Gasteiger charge is 2.17. The number of thioether (sulfide) groups is 1. The predicted molar refractivity (Wildman–Crippen MR) is 92.2 cm³/mol. The smallest absolute Gasteiger partial charge is 0.239 e. The summed E-state index contributed by atoms with van der Waals surface area (Å²) in [5.41, 5.74) is 1.61. The maximum absolute atomic E-state index is 13.6. The summed E-state index contributed by atoms with van der Waals surface area (Å²) in [5, 5.41) is 2.81. The van der Waals surface area contributed by atoms with Crippen molar-refractivity contribution >= 4 is 23.4 Å². The molecule has 0 radical (unpaired) electrons. The van der Waals surface area contributed by atoms with E-state index >= 15 is 0 Å². The lowest BCUT2D eigenvalue weighted by molar-refractivity contribution is -0.119. The Kier molecular flexibility index (Phi) is 5.18. The minimum absolute atomic E-state index is 0.0880. The first kappa shape index (κ1) is 15.9. The van der Waals surface area contributed by atoms with Crippen molar-refractivity contribution in [2.75, 3.05) is 23.7 Å². The van der Waals surface area contributed by atoms with E-state index in [2.05, 4.69) is 22.3 Å². The molecule has 0 aromatic heterocycles. The summed E-state index contributed by atoms with van der Waals surface area (Å²) in [6.45, 7) is 1.37. The van der Waals surface area contributed by atoms with Gasteiger partial charge in [0.2, 0.25) is 5.91 Å². The number of para-hydroxylation sites is 1. The fourth-order valence-corrected chi connectivity index (χ4v) is 3.64. The average molecular weight is 330 g/mol. The SMILES string of the molecule is O=C(CN1CCCSc2ccccc21)NCc1ccccc1F. The van der Waals surface area contributed by atoms with Gasteiger partial charge in [0.1, 0.15) is 5.82 Å². The Balaban J connectivity index is 1.63. The molecule has 0 saturated heterocycles. The summed E-state index contributed by atoms with van der Waals surface area (Å²) in [6, 6.07) is 14.7. The Hall–Kier alpha value is -2.01. The molecule has 120 valence electrons. The largest absolute Gasteiger partial charge is 0.361 e. The van der Waals surface area contributed by atoms with Crippen LogP contribution in [-0.4, -0.2) is 24.7 Å². The zero-order valence-corrected chi connectivity index (χ0v) is 13.6. The molecule has 2 aromatic carbocycles. The van der Waals surface area contributed by atoms with Crippen LogP contribution in [0.2, 0.25) is 0 Å². The normalized spacial score (nSPS) is 14.0. The van der Waals surface area contributed by atoms with Crippen LogP contribution in [-0.2, 0) is 11.3 Å². The number of fused-ring (bicyclic) bond motifs is 1. The predicted octanol–water partition coefficient (Wildman–Crippen LogP) is 3.44. The lowest BCUT2D eigenvalue weighted by Crippen LogP contribution is -2.37. The quantitative estimate of drug-likeness (QED) is 0.932. The van der Waals surface area contributed by atoms with Gasteiger partial charge in [0, 0.05) is 23.5 Å². The summed E-state index contributed by atoms with van der Waals surface area (Å²) in [7, 11) is 0. The Morgan fingerprint density at radius 1 is 1.17 bits per heavy atom. The van der Waals surface area contributed by atoms with E-state index in [1.54, 1.807) is 18.2 Å². The van der Waals surface area contributed by atoms with E-state index in [-0.39, 0.29) is 18.3 Å². The standard InChI is InChI=1S/C18H19FN2OS/c19-15-7-2-1-6-14(15)12-20-18(22)13-21-10-5-11-23-17-9-4-3-8-16(17)21/h1-4,6-9H,5,10-13H2,(H,20,22). The average Bonchev–Trinajstić information content (AvgIpc) is 2.77. The number of carbonyl (C=O) groups is 1. The van der Waals surface area contributed by atoms with E-state index in [4.69, 9.17) is 0 Å². The molecule has 0 unspecified atom stereocenters. The summed E-state index contributed by atoms with van der Waals surface area (Å²) in [6.07, 6.45) is 1.04. The van der Waals surface area contributed by atoms with Crippen molar-refractivity contribution in [3.8, 4) is 0 Å². The molecule has 0 atom stereocenters. The van der Waals surface area contributed by atoms with Crippen molar-refractivity contribution in [1.82, 2.24) is 5.32 Å². The maximum atomic E-state index is 13.6. The molecular formula is C18H19FN2OS. The van der Waals surface area contributed by atoms with Crippen LogP contribution in [0.4, 0.5) is 10.1 Å². The van der Waals surface area contributed by atoms with Crippen LogP contribution < -0.4 is 10.2 Å². The van der Waals surface area contributed by atoms with Crippen molar-refractivity contribution in [3.05, 3.63) is 59.9 Å². The van der Waals surface area contributed by atoms with Crippen molar-refractivity contribution in [1.29, 1.82) is 0 Å². The van der Waals surface area contributed by atoms with Crippen molar-refractivity contribution in [2.45, 2.75) is 17.9 Å². The molecule has 3 rings (SSSR count). The highest BCUT2D eigenvalue weighted by Crippen LogP contribution is 2.33. The number of nitrogens with zero attached hydrogens (tertiary/aromatic N) is 1. The third-order valence-electron chi connectivity index (χ3n) is 3.80. The summed E-state index contributed by atoms with van der Waals surface area (Å²) >= 11 is 1.83. The lowest BCUT2D eigenvalue weighted by atomic mass is 10.2. The molecule has 3 nitrogen and oxygen atoms in total. The lowest BCUT2D eigenvalue weighted by Gasteiger charge is -2.23. The molecule has 5 heteroatoms. The molecule has 1 amide bonds. The molecule has 1 heterocycles. The van der Waals surface area contributed by atoms with Gasteiger partial charge in [0.05, 0.1) is 12.2 Å². The van der Waals surface area contributed by atoms with Crippen LogP contribution in [0.5, 0.6) is 0 Å². The third-order valence-corrected chi connectivity index (χ3v) is 4.95. The number of benzene rings is 2. The fraction of sp³-hybridized carbons (Fsp3) is 0.278. The number of anilines is 1. The van der Waals surface area contributed by atoms with Crippen LogP contribution >= 0.6 is 11.8 Å². The number of amides is 1. The first-order chi connectivity index (χ1) is 11.2. The summed E-state index contributed by atoms with van der Waals surface area (Å²) < 4.78 is 13.6. The Labute approximate surface area is 139 Å². The van der Waals surface area contributed by atoms with E-state index in [0.717, 1.165) is 24.4 Å². The minimum Gasteiger partial charge on any atom is -0.361 e. The first-order valence-electron chi connectivity index (χ1n) is 7.71. The second kappa shape index (κ2) is 7.51. The van der Waals surface area contributed by atoms with Crippen molar-refractivity contribution in [3.63, 3.8) is 0 Å². The van der Waals surface area contributed by atoms with E-state index in [0.29, 0.717) is 12.1 Å². The third kappa shape index (κ3) is 4.05. The van der Waals surface area contributed by atoms with Crippen LogP contribution in [0.25, 0.3) is 0 Å². The van der Waals surface area contributed by atoms with Gasteiger partial charge in [-0.25, -0.2) is 4.39 Å². The van der Waals surface area contributed by atoms with Crippen LogP contribution in [0.15, 0.2) is 53.4 Å². The van der Waals surface area contributed by atoms with Gasteiger partial charge in [-0.15, -0.1) is 11.8 Å². The molecule has 0 aliphatic carbocycles. The molecule has 23 heavy (non-hydrogen) atoms. The highest BCUT2D eigenvalue weighted by atomic mass is 32.2. The number of rotatable bonds is 4. The van der Waals surface area contributed by atoms with Crippen LogP contribution in [0.3, 0.4) is 0 Å². The molecule has 1 aliphatic rings. The Bertz CT molecular complexity index is 692. The van der Waals surface area contributed by atoms with Gasteiger partial charge >= 0.3 is 0 Å². The second-order valence-electron chi connectivity index (χ2n) is 5.46. The van der Waals surface area contributed by atoms with Crippen molar-refractivity contribution < 1.29 is 9.18 Å². The zero-order chi connectivity index (χ0) is 16.1. The number of hydrogen-bond donors (Lipinski definition) is 1. The molecule has 0 fully saturated rings. The van der Waals surface area contributed by atoms with Crippen LogP contribution in [0.1, 0.15) is 12.0 Å². The Morgan fingerprint density at radius 3 is 2.83 bits per heavy atom. The molecule has 0 bridgehead atoms. The highest BCUT2D eigenvalue weighted by molar-refractivity contribution is 7.99. The zero-order valence-electron chi connectivity index (χ0n) is 12.8. The second-order valence-corrected chi connectivity index (χ2v) is 6.60. The van der Waals surface area contributed by atoms with Crippen LogP contribution in [0, 0.1) is 5.82 Å². The van der Waals surface area contributed by atoms with Crippen molar-refractivity contribution in [2.24, 2.45) is 0 Å². The van der Waals surface area contributed by atoms with E-state index in [1.165, 1.54) is 11.0 Å². The molecule has 1 aliphatic heterocycles. The summed E-state index contributed by atoms with van der Waals surface area (Å²) in [4.78, 5) is 15.6. The molecular weight excluding hydrogens is 311 g/mol. The van der Waals surface area contributed by atoms with Gasteiger partial charge in [0.15, 0.2) is 0 Å². The maximum Gasteiger partial charge on any atom is 0.239 e. The van der Waals surface area contributed by atoms with E-state index in [1.807, 2.05) is 23.9 Å². The monoisotopic (exact) mass is 330 g/mol. The minimum atomic E-state index is -0.288. The van der Waals surface area contributed by atoms with Gasteiger partial charge in [0.25, 0.3) is 0 Å². The number of halogens is 1. The number of hydrogen-bond acceptors (Lipinski definition) is 3. The van der Waals surface area contributed by atoms with Gasteiger partial charge in [-0.2, -0.15) is 0 Å². The van der Waals surface area contributed by atoms with Gasteiger partial charge in [-0.05, 0) is 30.4 Å². The Morgan fingerprint density at radius 2 is 1.96 bits per heavy atom. The number of nitrogens with one attached hydrogen (secondary N) is 1.